The fraction of sp³-hybridized carbons (Fsp3) is 0.333. The van der Waals surface area contributed by atoms with Gasteiger partial charge in [0.15, 0.2) is 0 Å². The molecule has 0 aliphatic heterocycles. The van der Waals surface area contributed by atoms with Gasteiger partial charge in [0.1, 0.15) is 0 Å². The van der Waals surface area contributed by atoms with Gasteiger partial charge in [0.2, 0.25) is 5.91 Å². The molecule has 92 valence electrons. The summed E-state index contributed by atoms with van der Waals surface area (Å²) in [6.07, 6.45) is 0. The zero-order chi connectivity index (χ0) is 12.7. The highest BCUT2D eigenvalue weighted by Gasteiger charge is 2.05. The summed E-state index contributed by atoms with van der Waals surface area (Å²) in [5.41, 5.74) is 6.56. The molecular weight excluding hydrogens is 220 g/mol. The molecule has 0 spiro atoms. The molecule has 1 amide bonds. The molecule has 1 aromatic rings. The molecule has 0 fully saturated rings. The predicted octanol–water partition coefficient (Wildman–Crippen LogP) is 0.438. The third kappa shape index (κ3) is 4.24. The number of hydrogen-bond donors (Lipinski definition) is 2. The molecule has 0 atom stereocenters. The first kappa shape index (κ1) is 13.2. The average Bonchev–Trinajstić information content (AvgIpc) is 2.36. The Morgan fingerprint density at radius 3 is 2.47 bits per heavy atom. The summed E-state index contributed by atoms with van der Waals surface area (Å²) in [7, 11) is 0. The van der Waals surface area contributed by atoms with Crippen molar-refractivity contribution in [2.75, 3.05) is 13.2 Å². The van der Waals surface area contributed by atoms with E-state index in [1.807, 2.05) is 0 Å². The molecule has 0 radical (unpaired) electrons. The van der Waals surface area contributed by atoms with Gasteiger partial charge in [0.25, 0.3) is 0 Å². The molecular formula is C12H16N2O3. The monoisotopic (exact) mass is 236 g/mol. The number of esters is 1. The van der Waals surface area contributed by atoms with Crippen LogP contribution in [-0.2, 0) is 16.1 Å². The number of amides is 1. The second kappa shape index (κ2) is 6.65. The number of benzene rings is 1. The lowest BCUT2D eigenvalue weighted by Crippen LogP contribution is -2.29. The zero-order valence-electron chi connectivity index (χ0n) is 9.73. The summed E-state index contributed by atoms with van der Waals surface area (Å²) >= 11 is 0. The van der Waals surface area contributed by atoms with Crippen molar-refractivity contribution in [3.05, 3.63) is 35.4 Å². The molecule has 0 saturated carbocycles. The second-order valence-electron chi connectivity index (χ2n) is 3.40. The minimum atomic E-state index is -0.343. The Morgan fingerprint density at radius 1 is 1.29 bits per heavy atom. The Morgan fingerprint density at radius 2 is 1.94 bits per heavy atom. The maximum Gasteiger partial charge on any atom is 0.338 e. The molecule has 0 aromatic heterocycles. The van der Waals surface area contributed by atoms with Gasteiger partial charge in [-0.3, -0.25) is 4.79 Å². The molecule has 1 rings (SSSR count). The van der Waals surface area contributed by atoms with Crippen LogP contribution in [0.3, 0.4) is 0 Å². The van der Waals surface area contributed by atoms with Crippen LogP contribution in [0.25, 0.3) is 0 Å². The first-order chi connectivity index (χ1) is 8.17. The summed E-state index contributed by atoms with van der Waals surface area (Å²) in [5, 5.41) is 2.64. The second-order valence-corrected chi connectivity index (χ2v) is 3.40. The van der Waals surface area contributed by atoms with Crippen molar-refractivity contribution in [2.24, 2.45) is 5.73 Å². The van der Waals surface area contributed by atoms with E-state index in [9.17, 15) is 9.59 Å². The van der Waals surface area contributed by atoms with Gasteiger partial charge in [-0.25, -0.2) is 4.79 Å². The SMILES string of the molecule is CCOC(=O)c1ccc(CNC(=O)CN)cc1. The van der Waals surface area contributed by atoms with Crippen LogP contribution < -0.4 is 11.1 Å². The summed E-state index contributed by atoms with van der Waals surface area (Å²) < 4.78 is 4.86. The van der Waals surface area contributed by atoms with Gasteiger partial charge in [-0.15, -0.1) is 0 Å². The quantitative estimate of drug-likeness (QED) is 0.727. The number of carbonyl (C=O) groups excluding carboxylic acids is 2. The Balaban J connectivity index is 2.56. The van der Waals surface area contributed by atoms with Gasteiger partial charge in [-0.1, -0.05) is 12.1 Å². The highest BCUT2D eigenvalue weighted by atomic mass is 16.5. The lowest BCUT2D eigenvalue weighted by molar-refractivity contribution is -0.119. The van der Waals surface area contributed by atoms with Crippen LogP contribution in [-0.4, -0.2) is 25.0 Å². The van der Waals surface area contributed by atoms with Crippen LogP contribution in [0.4, 0.5) is 0 Å². The Kier molecular flexibility index (Phi) is 5.16. The van der Waals surface area contributed by atoms with Crippen LogP contribution in [0.1, 0.15) is 22.8 Å². The van der Waals surface area contributed by atoms with Gasteiger partial charge in [-0.05, 0) is 24.6 Å². The van der Waals surface area contributed by atoms with E-state index in [0.717, 1.165) is 5.56 Å². The topological polar surface area (TPSA) is 81.4 Å². The van der Waals surface area contributed by atoms with E-state index >= 15 is 0 Å². The molecule has 3 N–H and O–H groups in total. The van der Waals surface area contributed by atoms with Gasteiger partial charge >= 0.3 is 5.97 Å². The summed E-state index contributed by atoms with van der Waals surface area (Å²) in [6, 6.07) is 6.87. The lowest BCUT2D eigenvalue weighted by Gasteiger charge is -2.05. The molecule has 0 aliphatic rings. The molecule has 17 heavy (non-hydrogen) atoms. The van der Waals surface area contributed by atoms with Crippen molar-refractivity contribution in [3.8, 4) is 0 Å². The maximum atomic E-state index is 11.4. The van der Waals surface area contributed by atoms with Crippen LogP contribution in [0.2, 0.25) is 0 Å². The standard InChI is InChI=1S/C12H16N2O3/c1-2-17-12(16)10-5-3-9(4-6-10)8-14-11(15)7-13/h3-6H,2,7-8,13H2,1H3,(H,14,15). The Bertz CT molecular complexity index is 387. The summed E-state index contributed by atoms with van der Waals surface area (Å²) in [4.78, 5) is 22.3. The average molecular weight is 236 g/mol. The zero-order valence-corrected chi connectivity index (χ0v) is 9.73. The van der Waals surface area contributed by atoms with Crippen molar-refractivity contribution in [1.82, 2.24) is 5.32 Å². The largest absolute Gasteiger partial charge is 0.462 e. The predicted molar refractivity (Wildman–Crippen MR) is 63.3 cm³/mol. The fourth-order valence-corrected chi connectivity index (χ4v) is 1.25. The minimum Gasteiger partial charge on any atom is -0.462 e. The third-order valence-electron chi connectivity index (χ3n) is 2.14. The fourth-order valence-electron chi connectivity index (χ4n) is 1.25. The van der Waals surface area contributed by atoms with Gasteiger partial charge in [0, 0.05) is 6.54 Å². The molecule has 0 aliphatic carbocycles. The first-order valence-electron chi connectivity index (χ1n) is 5.40. The number of rotatable bonds is 5. The normalized spacial score (nSPS) is 9.76. The molecule has 1 aromatic carbocycles. The van der Waals surface area contributed by atoms with E-state index in [1.54, 1.807) is 31.2 Å². The van der Waals surface area contributed by atoms with Crippen LogP contribution in [0.15, 0.2) is 24.3 Å². The number of nitrogens with two attached hydrogens (primary N) is 1. The van der Waals surface area contributed by atoms with E-state index in [0.29, 0.717) is 18.7 Å². The molecule has 0 unspecified atom stereocenters. The Labute approximate surface area is 99.9 Å². The highest BCUT2D eigenvalue weighted by molar-refractivity contribution is 5.89. The number of carbonyl (C=O) groups is 2. The van der Waals surface area contributed by atoms with Gasteiger partial charge < -0.3 is 15.8 Å². The van der Waals surface area contributed by atoms with Gasteiger partial charge in [-0.2, -0.15) is 0 Å². The Hall–Kier alpha value is -1.88. The van der Waals surface area contributed by atoms with Crippen molar-refractivity contribution >= 4 is 11.9 Å². The minimum absolute atomic E-state index is 0.0269. The van der Waals surface area contributed by atoms with Crippen molar-refractivity contribution in [1.29, 1.82) is 0 Å². The molecule has 5 nitrogen and oxygen atoms in total. The molecule has 0 heterocycles. The number of ether oxygens (including phenoxy) is 1. The van der Waals surface area contributed by atoms with E-state index in [-0.39, 0.29) is 18.4 Å². The van der Waals surface area contributed by atoms with E-state index in [1.165, 1.54) is 0 Å². The van der Waals surface area contributed by atoms with Crippen molar-refractivity contribution < 1.29 is 14.3 Å². The van der Waals surface area contributed by atoms with Crippen molar-refractivity contribution in [2.45, 2.75) is 13.5 Å². The van der Waals surface area contributed by atoms with Crippen molar-refractivity contribution in [3.63, 3.8) is 0 Å². The van der Waals surface area contributed by atoms with E-state index in [2.05, 4.69) is 5.32 Å². The van der Waals surface area contributed by atoms with Crippen LogP contribution in [0.5, 0.6) is 0 Å². The molecule has 5 heteroatoms. The lowest BCUT2D eigenvalue weighted by atomic mass is 10.1. The van der Waals surface area contributed by atoms with E-state index < -0.39 is 0 Å². The van der Waals surface area contributed by atoms with E-state index in [4.69, 9.17) is 10.5 Å². The third-order valence-corrected chi connectivity index (χ3v) is 2.14. The maximum absolute atomic E-state index is 11.4. The first-order valence-corrected chi connectivity index (χ1v) is 5.40. The van der Waals surface area contributed by atoms with Crippen LogP contribution >= 0.6 is 0 Å². The summed E-state index contributed by atoms with van der Waals surface area (Å²) in [6.45, 7) is 2.49. The summed E-state index contributed by atoms with van der Waals surface area (Å²) in [5.74, 6) is -0.551. The smallest absolute Gasteiger partial charge is 0.338 e. The number of nitrogens with one attached hydrogen (secondary N) is 1. The van der Waals surface area contributed by atoms with Gasteiger partial charge in [0.05, 0.1) is 18.7 Å². The highest BCUT2D eigenvalue weighted by Crippen LogP contribution is 2.05. The van der Waals surface area contributed by atoms with Crippen LogP contribution in [0, 0.1) is 0 Å². The molecule has 0 saturated heterocycles. The number of hydrogen-bond acceptors (Lipinski definition) is 4. The molecule has 0 bridgehead atoms.